The highest BCUT2D eigenvalue weighted by atomic mass is 16.5. The summed E-state index contributed by atoms with van der Waals surface area (Å²) in [5.74, 6) is -0.0150. The highest BCUT2D eigenvalue weighted by molar-refractivity contribution is 6.00. The van der Waals surface area contributed by atoms with Gasteiger partial charge in [0, 0.05) is 0 Å². The van der Waals surface area contributed by atoms with Crippen molar-refractivity contribution in [2.45, 2.75) is 32.7 Å². The standard InChI is InChI=1S/C12H15N7O2/c1-6-7(2)17-18-12(14-6)16-10(20)9-15-11(21-19-9)8-4-3-5-13-8/h8,13H,3-5H2,1-2H3,(H,14,16,18,20). The molecule has 9 heteroatoms. The van der Waals surface area contributed by atoms with E-state index in [4.69, 9.17) is 4.52 Å². The van der Waals surface area contributed by atoms with Crippen LogP contribution in [0.1, 0.15) is 46.8 Å². The molecule has 2 aromatic heterocycles. The van der Waals surface area contributed by atoms with Gasteiger partial charge in [0.2, 0.25) is 11.8 Å². The first kappa shape index (κ1) is 13.6. The van der Waals surface area contributed by atoms with Crippen molar-refractivity contribution >= 4 is 11.9 Å². The fourth-order valence-corrected chi connectivity index (χ4v) is 2.03. The maximum absolute atomic E-state index is 12.0. The molecule has 1 fully saturated rings. The molecule has 0 radical (unpaired) electrons. The average Bonchev–Trinajstić information content (AvgIpc) is 3.12. The third-order valence-corrected chi connectivity index (χ3v) is 3.32. The minimum Gasteiger partial charge on any atom is -0.337 e. The normalized spacial score (nSPS) is 17.9. The summed E-state index contributed by atoms with van der Waals surface area (Å²) in [7, 11) is 0. The molecule has 9 nitrogen and oxygen atoms in total. The Labute approximate surface area is 120 Å². The maximum Gasteiger partial charge on any atom is 0.299 e. The van der Waals surface area contributed by atoms with Crippen LogP contribution in [0.2, 0.25) is 0 Å². The molecule has 3 rings (SSSR count). The summed E-state index contributed by atoms with van der Waals surface area (Å²) in [5, 5.41) is 17.1. The number of nitrogens with one attached hydrogen (secondary N) is 2. The molecule has 1 amide bonds. The van der Waals surface area contributed by atoms with E-state index in [1.165, 1.54) is 0 Å². The van der Waals surface area contributed by atoms with Gasteiger partial charge in [0.25, 0.3) is 11.7 Å². The molecular formula is C12H15N7O2. The summed E-state index contributed by atoms with van der Waals surface area (Å²) in [5.41, 5.74) is 1.41. The van der Waals surface area contributed by atoms with Crippen LogP contribution in [0.4, 0.5) is 5.95 Å². The Morgan fingerprint density at radius 1 is 1.29 bits per heavy atom. The van der Waals surface area contributed by atoms with Gasteiger partial charge in [0.1, 0.15) is 0 Å². The highest BCUT2D eigenvalue weighted by Gasteiger charge is 2.24. The Kier molecular flexibility index (Phi) is 3.57. The fraction of sp³-hybridized carbons (Fsp3) is 0.500. The first-order valence-corrected chi connectivity index (χ1v) is 6.70. The van der Waals surface area contributed by atoms with Crippen molar-refractivity contribution in [1.82, 2.24) is 30.6 Å². The molecule has 0 bridgehead atoms. The molecule has 1 saturated heterocycles. The van der Waals surface area contributed by atoms with E-state index in [9.17, 15) is 4.79 Å². The van der Waals surface area contributed by atoms with E-state index in [-0.39, 0.29) is 17.8 Å². The molecule has 21 heavy (non-hydrogen) atoms. The lowest BCUT2D eigenvalue weighted by Crippen LogP contribution is -2.18. The lowest BCUT2D eigenvalue weighted by Gasteiger charge is -2.02. The van der Waals surface area contributed by atoms with Crippen molar-refractivity contribution in [1.29, 1.82) is 0 Å². The minimum absolute atomic E-state index is 0.0265. The molecule has 2 aromatic rings. The van der Waals surface area contributed by atoms with Crippen LogP contribution in [0.25, 0.3) is 0 Å². The molecule has 2 N–H and O–H groups in total. The lowest BCUT2D eigenvalue weighted by molar-refractivity contribution is 0.101. The molecule has 0 aliphatic carbocycles. The zero-order chi connectivity index (χ0) is 14.8. The lowest BCUT2D eigenvalue weighted by atomic mass is 10.2. The van der Waals surface area contributed by atoms with Crippen molar-refractivity contribution in [3.05, 3.63) is 23.1 Å². The van der Waals surface area contributed by atoms with Gasteiger partial charge in [-0.15, -0.1) is 5.10 Å². The summed E-state index contributed by atoms with van der Waals surface area (Å²) >= 11 is 0. The SMILES string of the molecule is Cc1nnc(NC(=O)c2noc(C3CCCN3)n2)nc1C. The van der Waals surface area contributed by atoms with E-state index in [2.05, 4.69) is 36.0 Å². The third-order valence-electron chi connectivity index (χ3n) is 3.32. The van der Waals surface area contributed by atoms with Gasteiger partial charge in [-0.3, -0.25) is 10.1 Å². The second kappa shape index (κ2) is 5.52. The van der Waals surface area contributed by atoms with E-state index in [0.717, 1.165) is 19.4 Å². The molecule has 1 atom stereocenters. The van der Waals surface area contributed by atoms with Crippen molar-refractivity contribution in [3.63, 3.8) is 0 Å². The quantitative estimate of drug-likeness (QED) is 0.840. The maximum atomic E-state index is 12.0. The predicted octanol–water partition coefficient (Wildman–Crippen LogP) is 0.548. The fourth-order valence-electron chi connectivity index (χ4n) is 2.03. The Morgan fingerprint density at radius 2 is 2.14 bits per heavy atom. The van der Waals surface area contributed by atoms with E-state index in [1.54, 1.807) is 13.8 Å². The number of anilines is 1. The number of amides is 1. The Hall–Kier alpha value is -2.42. The van der Waals surface area contributed by atoms with Gasteiger partial charge in [-0.2, -0.15) is 10.1 Å². The van der Waals surface area contributed by atoms with E-state index in [0.29, 0.717) is 17.3 Å². The molecule has 3 heterocycles. The van der Waals surface area contributed by atoms with Crippen LogP contribution in [0.5, 0.6) is 0 Å². The molecule has 0 aromatic carbocycles. The molecule has 1 aliphatic heterocycles. The number of hydrogen-bond donors (Lipinski definition) is 2. The zero-order valence-electron chi connectivity index (χ0n) is 11.8. The monoisotopic (exact) mass is 289 g/mol. The molecule has 1 unspecified atom stereocenters. The Bertz CT molecular complexity index is 663. The Balaban J connectivity index is 1.71. The number of carbonyl (C=O) groups is 1. The van der Waals surface area contributed by atoms with Crippen LogP contribution in [0.15, 0.2) is 4.52 Å². The van der Waals surface area contributed by atoms with Crippen LogP contribution in [0, 0.1) is 13.8 Å². The number of carbonyl (C=O) groups excluding carboxylic acids is 1. The molecule has 0 saturated carbocycles. The van der Waals surface area contributed by atoms with E-state index in [1.807, 2.05) is 0 Å². The summed E-state index contributed by atoms with van der Waals surface area (Å²) < 4.78 is 5.11. The van der Waals surface area contributed by atoms with Crippen molar-refractivity contribution in [3.8, 4) is 0 Å². The van der Waals surface area contributed by atoms with Crippen molar-refractivity contribution < 1.29 is 9.32 Å². The van der Waals surface area contributed by atoms with Gasteiger partial charge in [-0.25, -0.2) is 4.98 Å². The van der Waals surface area contributed by atoms with Gasteiger partial charge in [0.05, 0.1) is 17.4 Å². The van der Waals surface area contributed by atoms with Gasteiger partial charge < -0.3 is 9.84 Å². The van der Waals surface area contributed by atoms with Crippen LogP contribution in [-0.2, 0) is 0 Å². The second-order valence-corrected chi connectivity index (χ2v) is 4.87. The summed E-state index contributed by atoms with van der Waals surface area (Å²) in [6.45, 7) is 4.50. The number of aryl methyl sites for hydroxylation is 2. The number of aromatic nitrogens is 5. The predicted molar refractivity (Wildman–Crippen MR) is 71.5 cm³/mol. The van der Waals surface area contributed by atoms with Crippen LogP contribution in [-0.4, -0.2) is 37.8 Å². The first-order valence-electron chi connectivity index (χ1n) is 6.70. The van der Waals surface area contributed by atoms with Gasteiger partial charge in [-0.1, -0.05) is 5.16 Å². The molecule has 110 valence electrons. The first-order chi connectivity index (χ1) is 10.1. The van der Waals surface area contributed by atoms with Gasteiger partial charge in [-0.05, 0) is 33.2 Å². The number of rotatable bonds is 3. The van der Waals surface area contributed by atoms with Crippen molar-refractivity contribution in [2.24, 2.45) is 0 Å². The molecule has 1 aliphatic rings. The largest absolute Gasteiger partial charge is 0.337 e. The molecular weight excluding hydrogens is 274 g/mol. The van der Waals surface area contributed by atoms with Gasteiger partial charge in [0.15, 0.2) is 0 Å². The third kappa shape index (κ3) is 2.87. The number of hydrogen-bond acceptors (Lipinski definition) is 8. The summed E-state index contributed by atoms with van der Waals surface area (Å²) in [6, 6.07) is 0.0265. The number of nitrogens with zero attached hydrogens (tertiary/aromatic N) is 5. The summed E-state index contributed by atoms with van der Waals surface area (Å²) in [6.07, 6.45) is 1.98. The topological polar surface area (TPSA) is 119 Å². The Morgan fingerprint density at radius 3 is 2.86 bits per heavy atom. The van der Waals surface area contributed by atoms with E-state index < -0.39 is 5.91 Å². The van der Waals surface area contributed by atoms with Crippen molar-refractivity contribution in [2.75, 3.05) is 11.9 Å². The minimum atomic E-state index is -0.520. The van der Waals surface area contributed by atoms with E-state index >= 15 is 0 Å². The van der Waals surface area contributed by atoms with Gasteiger partial charge >= 0.3 is 0 Å². The average molecular weight is 289 g/mol. The van der Waals surface area contributed by atoms with Crippen LogP contribution >= 0.6 is 0 Å². The van der Waals surface area contributed by atoms with Crippen LogP contribution < -0.4 is 10.6 Å². The highest BCUT2D eigenvalue weighted by Crippen LogP contribution is 2.21. The molecule has 0 spiro atoms. The zero-order valence-corrected chi connectivity index (χ0v) is 11.8. The summed E-state index contributed by atoms with van der Waals surface area (Å²) in [4.78, 5) is 20.2. The smallest absolute Gasteiger partial charge is 0.299 e. The second-order valence-electron chi connectivity index (χ2n) is 4.87. The van der Waals surface area contributed by atoms with Crippen LogP contribution in [0.3, 0.4) is 0 Å².